The van der Waals surface area contributed by atoms with Crippen LogP contribution in [0.3, 0.4) is 0 Å². The van der Waals surface area contributed by atoms with Crippen LogP contribution in [0.25, 0.3) is 0 Å². The summed E-state index contributed by atoms with van der Waals surface area (Å²) in [6, 6.07) is 7.79. The standard InChI is InChI=1S/C16H27ClN4/c1-6-18-15(20-12-16(2,3)21(4)5)19-11-13-8-7-9-14(17)10-13/h7-10H,6,11-12H2,1-5H3,(H2,18,19,20). The van der Waals surface area contributed by atoms with E-state index in [-0.39, 0.29) is 5.54 Å². The molecule has 0 aliphatic carbocycles. The zero-order valence-electron chi connectivity index (χ0n) is 13.7. The normalized spacial score (nSPS) is 12.6. The number of nitrogens with one attached hydrogen (secondary N) is 2. The van der Waals surface area contributed by atoms with Gasteiger partial charge in [0.1, 0.15) is 0 Å². The molecule has 0 radical (unpaired) electrons. The van der Waals surface area contributed by atoms with Crippen molar-refractivity contribution in [2.24, 2.45) is 4.99 Å². The van der Waals surface area contributed by atoms with E-state index in [0.29, 0.717) is 6.54 Å². The van der Waals surface area contributed by atoms with Crippen LogP contribution in [0.2, 0.25) is 5.02 Å². The quantitative estimate of drug-likeness (QED) is 0.627. The van der Waals surface area contributed by atoms with E-state index in [1.807, 2.05) is 24.3 Å². The predicted octanol–water partition coefficient (Wildman–Crippen LogP) is 2.74. The van der Waals surface area contributed by atoms with Crippen LogP contribution in [0.15, 0.2) is 29.3 Å². The van der Waals surface area contributed by atoms with Crippen LogP contribution < -0.4 is 10.6 Å². The second-order valence-corrected chi connectivity index (χ2v) is 6.32. The zero-order chi connectivity index (χ0) is 15.9. The minimum absolute atomic E-state index is 0.0618. The molecule has 1 aromatic rings. The lowest BCUT2D eigenvalue weighted by Gasteiger charge is -2.33. The van der Waals surface area contributed by atoms with E-state index in [0.717, 1.165) is 29.6 Å². The molecule has 21 heavy (non-hydrogen) atoms. The summed E-state index contributed by atoms with van der Waals surface area (Å²) >= 11 is 5.99. The van der Waals surface area contributed by atoms with Gasteiger partial charge in [0.25, 0.3) is 0 Å². The van der Waals surface area contributed by atoms with Crippen LogP contribution in [0.1, 0.15) is 26.3 Å². The van der Waals surface area contributed by atoms with Crippen molar-refractivity contribution >= 4 is 17.6 Å². The first-order valence-electron chi connectivity index (χ1n) is 7.29. The van der Waals surface area contributed by atoms with E-state index in [2.05, 4.69) is 55.4 Å². The number of guanidine groups is 1. The summed E-state index contributed by atoms with van der Waals surface area (Å²) in [4.78, 5) is 6.80. The van der Waals surface area contributed by atoms with Gasteiger partial charge in [-0.2, -0.15) is 0 Å². The van der Waals surface area contributed by atoms with Crippen molar-refractivity contribution in [1.82, 2.24) is 15.5 Å². The van der Waals surface area contributed by atoms with E-state index in [9.17, 15) is 0 Å². The summed E-state index contributed by atoms with van der Waals surface area (Å²) in [5.41, 5.74) is 1.17. The van der Waals surface area contributed by atoms with Crippen molar-refractivity contribution in [2.45, 2.75) is 32.9 Å². The topological polar surface area (TPSA) is 39.7 Å². The Hall–Kier alpha value is -1.26. The molecule has 118 valence electrons. The van der Waals surface area contributed by atoms with Gasteiger partial charge in [0.05, 0.1) is 6.54 Å². The van der Waals surface area contributed by atoms with E-state index >= 15 is 0 Å². The Kier molecular flexibility index (Phi) is 6.99. The Labute approximate surface area is 133 Å². The molecule has 2 N–H and O–H groups in total. The molecule has 0 aromatic heterocycles. The highest BCUT2D eigenvalue weighted by Crippen LogP contribution is 2.11. The van der Waals surface area contributed by atoms with Gasteiger partial charge >= 0.3 is 0 Å². The average molecular weight is 311 g/mol. The number of likely N-dealkylation sites (N-methyl/N-ethyl adjacent to an activating group) is 1. The first-order valence-corrected chi connectivity index (χ1v) is 7.67. The molecule has 1 aromatic carbocycles. The molecule has 0 saturated carbocycles. The lowest BCUT2D eigenvalue weighted by atomic mass is 10.0. The maximum atomic E-state index is 5.99. The molecule has 0 spiro atoms. The smallest absolute Gasteiger partial charge is 0.191 e. The highest BCUT2D eigenvalue weighted by molar-refractivity contribution is 6.30. The minimum atomic E-state index is 0.0618. The molecule has 5 heteroatoms. The first-order chi connectivity index (χ1) is 9.85. The molecule has 4 nitrogen and oxygen atoms in total. The number of nitrogens with zero attached hydrogens (tertiary/aromatic N) is 2. The number of benzene rings is 1. The zero-order valence-corrected chi connectivity index (χ0v) is 14.5. The van der Waals surface area contributed by atoms with Crippen LogP contribution in [-0.4, -0.2) is 43.6 Å². The highest BCUT2D eigenvalue weighted by Gasteiger charge is 2.20. The highest BCUT2D eigenvalue weighted by atomic mass is 35.5. The molecule has 0 amide bonds. The van der Waals surface area contributed by atoms with Gasteiger partial charge in [-0.15, -0.1) is 0 Å². The van der Waals surface area contributed by atoms with Gasteiger partial charge in [-0.05, 0) is 52.6 Å². The average Bonchev–Trinajstić information content (AvgIpc) is 2.42. The molecule has 0 fully saturated rings. The third kappa shape index (κ3) is 6.36. The Morgan fingerprint density at radius 3 is 2.57 bits per heavy atom. The third-order valence-electron chi connectivity index (χ3n) is 3.55. The van der Waals surface area contributed by atoms with Crippen molar-refractivity contribution in [3.63, 3.8) is 0 Å². The molecule has 0 heterocycles. The fourth-order valence-electron chi connectivity index (χ4n) is 1.61. The fourth-order valence-corrected chi connectivity index (χ4v) is 1.82. The van der Waals surface area contributed by atoms with Gasteiger partial charge in [-0.25, -0.2) is 4.99 Å². The molecule has 0 aliphatic rings. The fraction of sp³-hybridized carbons (Fsp3) is 0.562. The molecule has 1 rings (SSSR count). The summed E-state index contributed by atoms with van der Waals surface area (Å²) in [7, 11) is 4.16. The van der Waals surface area contributed by atoms with Crippen molar-refractivity contribution in [1.29, 1.82) is 0 Å². The second-order valence-electron chi connectivity index (χ2n) is 5.89. The molecule has 0 unspecified atom stereocenters. The first kappa shape index (κ1) is 17.8. The lowest BCUT2D eigenvalue weighted by molar-refractivity contribution is 0.197. The van der Waals surface area contributed by atoms with Gasteiger partial charge in [-0.1, -0.05) is 23.7 Å². The molecule has 0 aliphatic heterocycles. The van der Waals surface area contributed by atoms with Gasteiger partial charge in [0.15, 0.2) is 5.96 Å². The molecule has 0 saturated heterocycles. The Bertz CT molecular complexity index is 469. The molecular formula is C16H27ClN4. The van der Waals surface area contributed by atoms with E-state index < -0.39 is 0 Å². The third-order valence-corrected chi connectivity index (χ3v) is 3.79. The van der Waals surface area contributed by atoms with Crippen molar-refractivity contribution < 1.29 is 0 Å². The summed E-state index contributed by atoms with van der Waals surface area (Å²) in [5, 5.41) is 7.40. The summed E-state index contributed by atoms with van der Waals surface area (Å²) in [6.07, 6.45) is 0. The van der Waals surface area contributed by atoms with Gasteiger partial charge in [0, 0.05) is 23.7 Å². The van der Waals surface area contributed by atoms with E-state index in [1.54, 1.807) is 0 Å². The van der Waals surface area contributed by atoms with E-state index in [1.165, 1.54) is 0 Å². The van der Waals surface area contributed by atoms with Gasteiger partial charge in [-0.3, -0.25) is 0 Å². The summed E-state index contributed by atoms with van der Waals surface area (Å²) < 4.78 is 0. The molecule has 0 atom stereocenters. The van der Waals surface area contributed by atoms with Crippen LogP contribution >= 0.6 is 11.6 Å². The Balaban J connectivity index is 2.66. The molecule has 0 bridgehead atoms. The van der Waals surface area contributed by atoms with E-state index in [4.69, 9.17) is 11.6 Å². The summed E-state index contributed by atoms with van der Waals surface area (Å²) in [6.45, 7) is 8.72. The van der Waals surface area contributed by atoms with Crippen molar-refractivity contribution in [3.05, 3.63) is 34.9 Å². The minimum Gasteiger partial charge on any atom is -0.357 e. The van der Waals surface area contributed by atoms with Crippen LogP contribution in [0.5, 0.6) is 0 Å². The number of hydrogen-bond acceptors (Lipinski definition) is 2. The number of rotatable bonds is 6. The van der Waals surface area contributed by atoms with Crippen LogP contribution in [0.4, 0.5) is 0 Å². The summed E-state index contributed by atoms with van der Waals surface area (Å²) in [5.74, 6) is 0.826. The maximum absolute atomic E-state index is 5.99. The Morgan fingerprint density at radius 2 is 2.00 bits per heavy atom. The monoisotopic (exact) mass is 310 g/mol. The second kappa shape index (κ2) is 8.25. The number of halogens is 1. The van der Waals surface area contributed by atoms with Crippen LogP contribution in [0, 0.1) is 0 Å². The van der Waals surface area contributed by atoms with Crippen LogP contribution in [-0.2, 0) is 6.54 Å². The van der Waals surface area contributed by atoms with Crippen molar-refractivity contribution in [3.8, 4) is 0 Å². The molecular weight excluding hydrogens is 284 g/mol. The van der Waals surface area contributed by atoms with Gasteiger partial charge in [0.2, 0.25) is 0 Å². The SMILES string of the molecule is CCNC(=NCc1cccc(Cl)c1)NCC(C)(C)N(C)C. The van der Waals surface area contributed by atoms with Crippen molar-refractivity contribution in [2.75, 3.05) is 27.2 Å². The predicted molar refractivity (Wildman–Crippen MR) is 92.0 cm³/mol. The number of hydrogen-bond donors (Lipinski definition) is 2. The Morgan fingerprint density at radius 1 is 1.29 bits per heavy atom. The largest absolute Gasteiger partial charge is 0.357 e. The number of aliphatic imine (C=N–C) groups is 1. The maximum Gasteiger partial charge on any atom is 0.191 e. The lowest BCUT2D eigenvalue weighted by Crippen LogP contribution is -2.50. The van der Waals surface area contributed by atoms with Gasteiger partial charge < -0.3 is 15.5 Å².